The van der Waals surface area contributed by atoms with Gasteiger partial charge >= 0.3 is 0 Å². The predicted octanol–water partition coefficient (Wildman–Crippen LogP) is 1.03. The van der Waals surface area contributed by atoms with Gasteiger partial charge in [-0.15, -0.1) is 0 Å². The van der Waals surface area contributed by atoms with E-state index < -0.39 is 9.84 Å². The van der Waals surface area contributed by atoms with Crippen LogP contribution >= 0.6 is 0 Å². The number of piperazine rings is 1. The van der Waals surface area contributed by atoms with E-state index >= 15 is 0 Å². The molecule has 7 heteroatoms. The van der Waals surface area contributed by atoms with Gasteiger partial charge in [0.15, 0.2) is 9.84 Å². The van der Waals surface area contributed by atoms with Gasteiger partial charge in [-0.3, -0.25) is 9.69 Å². The van der Waals surface area contributed by atoms with Gasteiger partial charge in [-0.1, -0.05) is 12.1 Å². The number of nitrogens with zero attached hydrogens (tertiary/aromatic N) is 2. The Morgan fingerprint density at radius 2 is 1.92 bits per heavy atom. The van der Waals surface area contributed by atoms with Gasteiger partial charge < -0.3 is 10.0 Å². The first kappa shape index (κ1) is 16.8. The molecular formula is C18H24N2O4S. The van der Waals surface area contributed by atoms with E-state index in [1.54, 1.807) is 30.0 Å². The van der Waals surface area contributed by atoms with Crippen molar-refractivity contribution in [1.29, 1.82) is 0 Å². The van der Waals surface area contributed by atoms with E-state index in [1.165, 1.54) is 12.8 Å². The molecule has 0 aromatic heterocycles. The normalized spacial score (nSPS) is 28.8. The molecular weight excluding hydrogens is 340 g/mol. The molecule has 1 aromatic rings. The van der Waals surface area contributed by atoms with E-state index in [9.17, 15) is 18.3 Å². The van der Waals surface area contributed by atoms with Crippen LogP contribution in [0.1, 0.15) is 28.8 Å². The lowest BCUT2D eigenvalue weighted by atomic mass is 10.0. The number of carbonyl (C=O) groups excluding carboxylic acids is 1. The average molecular weight is 364 g/mol. The lowest BCUT2D eigenvalue weighted by Gasteiger charge is -2.44. The van der Waals surface area contributed by atoms with Crippen LogP contribution in [0.3, 0.4) is 0 Å². The summed E-state index contributed by atoms with van der Waals surface area (Å²) in [6, 6.07) is 4.68. The van der Waals surface area contributed by atoms with Crippen molar-refractivity contribution in [2.45, 2.75) is 31.8 Å². The van der Waals surface area contributed by atoms with Gasteiger partial charge in [0, 0.05) is 25.7 Å². The minimum atomic E-state index is -3.14. The summed E-state index contributed by atoms with van der Waals surface area (Å²) in [6.07, 6.45) is 2.45. The van der Waals surface area contributed by atoms with Gasteiger partial charge in [-0.2, -0.15) is 0 Å². The zero-order valence-electron chi connectivity index (χ0n) is 14.4. The molecule has 25 heavy (non-hydrogen) atoms. The number of hydrogen-bond acceptors (Lipinski definition) is 5. The number of phenolic OH excluding ortho intramolecular Hbond substituents is 1. The molecule has 0 bridgehead atoms. The third-order valence-corrected chi connectivity index (χ3v) is 7.41. The molecule has 2 heterocycles. The molecule has 6 nitrogen and oxygen atoms in total. The summed E-state index contributed by atoms with van der Waals surface area (Å²) in [4.78, 5) is 17.0. The van der Waals surface area contributed by atoms with Crippen LogP contribution < -0.4 is 0 Å². The maximum Gasteiger partial charge on any atom is 0.258 e. The van der Waals surface area contributed by atoms with Crippen molar-refractivity contribution < 1.29 is 18.3 Å². The molecule has 1 aliphatic carbocycles. The second-order valence-electron chi connectivity index (χ2n) is 7.62. The number of aromatic hydroxyl groups is 1. The third-order valence-electron chi connectivity index (χ3n) is 5.71. The Balaban J connectivity index is 1.62. The summed E-state index contributed by atoms with van der Waals surface area (Å²) in [6.45, 7) is 3.90. The first-order valence-corrected chi connectivity index (χ1v) is 10.7. The largest absolute Gasteiger partial charge is 0.507 e. The molecule has 1 aromatic carbocycles. The van der Waals surface area contributed by atoms with Crippen LogP contribution in [-0.4, -0.2) is 72.5 Å². The molecule has 3 fully saturated rings. The second-order valence-corrected chi connectivity index (χ2v) is 9.77. The van der Waals surface area contributed by atoms with E-state index in [4.69, 9.17) is 0 Å². The van der Waals surface area contributed by atoms with Crippen molar-refractivity contribution in [2.24, 2.45) is 5.92 Å². The molecule has 2 atom stereocenters. The van der Waals surface area contributed by atoms with Gasteiger partial charge in [-0.25, -0.2) is 8.42 Å². The maximum absolute atomic E-state index is 13.0. The van der Waals surface area contributed by atoms with E-state index in [0.717, 1.165) is 6.54 Å². The Hall–Kier alpha value is -1.60. The summed E-state index contributed by atoms with van der Waals surface area (Å²) in [5, 5.41) is 10.2. The number of phenols is 1. The lowest BCUT2D eigenvalue weighted by molar-refractivity contribution is 0.0316. The number of amides is 1. The van der Waals surface area contributed by atoms with E-state index in [-0.39, 0.29) is 40.8 Å². The lowest BCUT2D eigenvalue weighted by Crippen LogP contribution is -2.60. The molecule has 0 radical (unpaired) electrons. The Bertz CT molecular complexity index is 803. The van der Waals surface area contributed by atoms with Gasteiger partial charge in [0.05, 0.1) is 23.1 Å². The van der Waals surface area contributed by atoms with E-state index in [0.29, 0.717) is 24.6 Å². The predicted molar refractivity (Wildman–Crippen MR) is 94.4 cm³/mol. The molecule has 1 N–H and O–H groups in total. The topological polar surface area (TPSA) is 77.9 Å². The van der Waals surface area contributed by atoms with Crippen LogP contribution in [0.25, 0.3) is 0 Å². The van der Waals surface area contributed by atoms with Crippen molar-refractivity contribution in [3.63, 3.8) is 0 Å². The van der Waals surface area contributed by atoms with Gasteiger partial charge in [0.25, 0.3) is 5.91 Å². The van der Waals surface area contributed by atoms with Crippen molar-refractivity contribution in [3.05, 3.63) is 29.3 Å². The number of rotatable bonds is 3. The monoisotopic (exact) mass is 364 g/mol. The van der Waals surface area contributed by atoms with Crippen molar-refractivity contribution in [1.82, 2.24) is 9.80 Å². The number of para-hydroxylation sites is 1. The molecule has 136 valence electrons. The number of hydrogen-bond donors (Lipinski definition) is 1. The molecule has 2 aliphatic heterocycles. The van der Waals surface area contributed by atoms with Gasteiger partial charge in [0.2, 0.25) is 0 Å². The zero-order chi connectivity index (χ0) is 17.8. The number of aryl methyl sites for hydroxylation is 1. The average Bonchev–Trinajstić information content (AvgIpc) is 3.30. The molecule has 0 spiro atoms. The first-order chi connectivity index (χ1) is 11.9. The molecule has 1 amide bonds. The second kappa shape index (κ2) is 5.99. The van der Waals surface area contributed by atoms with Crippen LogP contribution in [0.2, 0.25) is 0 Å². The van der Waals surface area contributed by atoms with Crippen molar-refractivity contribution in [3.8, 4) is 5.75 Å². The summed E-state index contributed by atoms with van der Waals surface area (Å²) >= 11 is 0. The molecule has 4 rings (SSSR count). The van der Waals surface area contributed by atoms with Crippen LogP contribution in [0.4, 0.5) is 0 Å². The maximum atomic E-state index is 13.0. The summed E-state index contributed by atoms with van der Waals surface area (Å²) in [5.41, 5.74) is 0.910. The quantitative estimate of drug-likeness (QED) is 0.867. The fourth-order valence-corrected chi connectivity index (χ4v) is 6.13. The number of benzene rings is 1. The molecule has 2 saturated heterocycles. The highest BCUT2D eigenvalue weighted by Gasteiger charge is 2.49. The van der Waals surface area contributed by atoms with Crippen molar-refractivity contribution >= 4 is 15.7 Å². The van der Waals surface area contributed by atoms with E-state index in [2.05, 4.69) is 4.90 Å². The molecule has 1 saturated carbocycles. The fraction of sp³-hybridized carbons (Fsp3) is 0.611. The zero-order valence-corrected chi connectivity index (χ0v) is 15.2. The van der Waals surface area contributed by atoms with Gasteiger partial charge in [-0.05, 0) is 37.3 Å². The fourth-order valence-electron chi connectivity index (χ4n) is 4.12. The number of fused-ring (bicyclic) bond motifs is 1. The number of sulfone groups is 1. The Morgan fingerprint density at radius 1 is 1.20 bits per heavy atom. The number of carbonyl (C=O) groups is 1. The Morgan fingerprint density at radius 3 is 2.64 bits per heavy atom. The minimum Gasteiger partial charge on any atom is -0.507 e. The molecule has 3 aliphatic rings. The van der Waals surface area contributed by atoms with Crippen molar-refractivity contribution in [2.75, 3.05) is 31.1 Å². The highest BCUT2D eigenvalue weighted by atomic mass is 32.2. The SMILES string of the molecule is Cc1cccc(C(=O)N2CCN(CC3CC3)C3CS(=O)(=O)CC32)c1O. The Labute approximate surface area is 148 Å². The van der Waals surface area contributed by atoms with Crippen LogP contribution in [-0.2, 0) is 9.84 Å². The van der Waals surface area contributed by atoms with Gasteiger partial charge in [0.1, 0.15) is 5.75 Å². The Kier molecular flexibility index (Phi) is 4.03. The highest BCUT2D eigenvalue weighted by molar-refractivity contribution is 7.91. The summed E-state index contributed by atoms with van der Waals surface area (Å²) < 4.78 is 24.5. The van der Waals surface area contributed by atoms with Crippen LogP contribution in [0, 0.1) is 12.8 Å². The summed E-state index contributed by atoms with van der Waals surface area (Å²) in [7, 11) is -3.14. The van der Waals surface area contributed by atoms with Crippen LogP contribution in [0.5, 0.6) is 5.75 Å². The smallest absolute Gasteiger partial charge is 0.258 e. The summed E-state index contributed by atoms with van der Waals surface area (Å²) in [5.74, 6) is 0.571. The standard InChI is InChI=1S/C18H24N2O4S/c1-12-3-2-4-14(17(12)21)18(22)20-8-7-19(9-13-5-6-13)15-10-25(23,24)11-16(15)20/h2-4,13,15-16,21H,5-11H2,1H3. The minimum absolute atomic E-state index is 0.00897. The van der Waals surface area contributed by atoms with Crippen LogP contribution in [0.15, 0.2) is 18.2 Å². The first-order valence-electron chi connectivity index (χ1n) is 8.90. The van der Waals surface area contributed by atoms with E-state index in [1.807, 2.05) is 0 Å². The molecule has 2 unspecified atom stereocenters. The highest BCUT2D eigenvalue weighted by Crippen LogP contribution is 2.35. The third kappa shape index (κ3) is 3.15.